The van der Waals surface area contributed by atoms with Crippen LogP contribution in [0.3, 0.4) is 0 Å². The summed E-state index contributed by atoms with van der Waals surface area (Å²) in [5, 5.41) is 0.340. The predicted octanol–water partition coefficient (Wildman–Crippen LogP) is 4.66. The van der Waals surface area contributed by atoms with Gasteiger partial charge in [0, 0.05) is 28.4 Å². The maximum absolute atomic E-state index is 14.0. The molecule has 0 radical (unpaired) electrons. The van der Waals surface area contributed by atoms with E-state index in [1.54, 1.807) is 24.4 Å². The predicted molar refractivity (Wildman–Crippen MR) is 91.4 cm³/mol. The zero-order valence-corrected chi connectivity index (χ0v) is 13.3. The number of benzene rings is 2. The molecule has 0 N–H and O–H groups in total. The SMILES string of the molecule is Cc1cc(=O)n(Cc2ccc(Cl)cc2F)cc1-c1ccccc1. The van der Waals surface area contributed by atoms with Gasteiger partial charge in [0.1, 0.15) is 5.82 Å². The fraction of sp³-hybridized carbons (Fsp3) is 0.105. The lowest BCUT2D eigenvalue weighted by Crippen LogP contribution is -2.20. The summed E-state index contributed by atoms with van der Waals surface area (Å²) in [7, 11) is 0. The number of aromatic nitrogens is 1. The first-order valence-electron chi connectivity index (χ1n) is 7.25. The van der Waals surface area contributed by atoms with E-state index in [0.717, 1.165) is 16.7 Å². The summed E-state index contributed by atoms with van der Waals surface area (Å²) in [5.41, 5.74) is 3.15. The minimum Gasteiger partial charge on any atom is -0.310 e. The number of pyridine rings is 1. The lowest BCUT2D eigenvalue weighted by molar-refractivity contribution is 0.596. The van der Waals surface area contributed by atoms with Crippen LogP contribution in [0.2, 0.25) is 5.02 Å². The van der Waals surface area contributed by atoms with E-state index in [0.29, 0.717) is 10.6 Å². The Labute approximate surface area is 138 Å². The number of nitrogens with zero attached hydrogens (tertiary/aromatic N) is 1. The van der Waals surface area contributed by atoms with Gasteiger partial charge in [0.05, 0.1) is 6.54 Å². The van der Waals surface area contributed by atoms with Crippen LogP contribution in [0.1, 0.15) is 11.1 Å². The van der Waals surface area contributed by atoms with Crippen molar-refractivity contribution in [1.29, 1.82) is 0 Å². The fourth-order valence-electron chi connectivity index (χ4n) is 2.54. The first-order valence-corrected chi connectivity index (χ1v) is 7.63. The zero-order chi connectivity index (χ0) is 16.4. The third-order valence-electron chi connectivity index (χ3n) is 3.77. The molecular formula is C19H15ClFNO. The Morgan fingerprint density at radius 3 is 2.52 bits per heavy atom. The third-order valence-corrected chi connectivity index (χ3v) is 4.01. The van der Waals surface area contributed by atoms with E-state index in [1.807, 2.05) is 37.3 Å². The van der Waals surface area contributed by atoms with Gasteiger partial charge in [0.2, 0.25) is 0 Å². The largest absolute Gasteiger partial charge is 0.310 e. The Bertz CT molecular complexity index is 903. The van der Waals surface area contributed by atoms with Crippen LogP contribution >= 0.6 is 11.6 Å². The van der Waals surface area contributed by atoms with Gasteiger partial charge >= 0.3 is 0 Å². The maximum Gasteiger partial charge on any atom is 0.251 e. The van der Waals surface area contributed by atoms with Crippen molar-refractivity contribution >= 4 is 11.6 Å². The summed E-state index contributed by atoms with van der Waals surface area (Å²) in [4.78, 5) is 12.2. The van der Waals surface area contributed by atoms with E-state index in [4.69, 9.17) is 11.6 Å². The first kappa shape index (κ1) is 15.5. The fourth-order valence-corrected chi connectivity index (χ4v) is 2.70. The van der Waals surface area contributed by atoms with Crippen LogP contribution in [-0.2, 0) is 6.54 Å². The monoisotopic (exact) mass is 327 g/mol. The van der Waals surface area contributed by atoms with Crippen LogP contribution in [0.5, 0.6) is 0 Å². The molecular weight excluding hydrogens is 313 g/mol. The molecule has 1 aromatic heterocycles. The highest BCUT2D eigenvalue weighted by Gasteiger charge is 2.09. The standard InChI is InChI=1S/C19H15ClFNO/c1-13-9-19(23)22(11-15-7-8-16(20)10-18(15)21)12-17(13)14-5-3-2-4-6-14/h2-10,12H,11H2,1H3. The summed E-state index contributed by atoms with van der Waals surface area (Å²) < 4.78 is 15.5. The molecule has 0 saturated heterocycles. The van der Waals surface area contributed by atoms with Gasteiger partial charge in [-0.05, 0) is 30.2 Å². The third kappa shape index (κ3) is 3.35. The summed E-state index contributed by atoms with van der Waals surface area (Å²) >= 11 is 5.77. The van der Waals surface area contributed by atoms with Crippen LogP contribution in [0.4, 0.5) is 4.39 Å². The minimum absolute atomic E-state index is 0.156. The second kappa shape index (κ2) is 6.39. The van der Waals surface area contributed by atoms with Gasteiger partial charge in [-0.3, -0.25) is 4.79 Å². The van der Waals surface area contributed by atoms with Crippen molar-refractivity contribution in [2.45, 2.75) is 13.5 Å². The second-order valence-electron chi connectivity index (χ2n) is 5.44. The molecule has 0 atom stereocenters. The van der Waals surface area contributed by atoms with Crippen LogP contribution < -0.4 is 5.56 Å². The zero-order valence-electron chi connectivity index (χ0n) is 12.6. The molecule has 0 spiro atoms. The van der Waals surface area contributed by atoms with Gasteiger partial charge < -0.3 is 4.57 Å². The molecule has 3 rings (SSSR count). The van der Waals surface area contributed by atoms with Gasteiger partial charge in [-0.2, -0.15) is 0 Å². The van der Waals surface area contributed by atoms with Crippen LogP contribution in [0, 0.1) is 12.7 Å². The summed E-state index contributed by atoms with van der Waals surface area (Å²) in [6.45, 7) is 2.07. The average molecular weight is 328 g/mol. The van der Waals surface area contributed by atoms with Crippen LogP contribution in [-0.4, -0.2) is 4.57 Å². The Morgan fingerprint density at radius 1 is 1.09 bits per heavy atom. The van der Waals surface area contributed by atoms with E-state index >= 15 is 0 Å². The molecule has 23 heavy (non-hydrogen) atoms. The number of rotatable bonds is 3. The van der Waals surface area contributed by atoms with E-state index in [2.05, 4.69) is 0 Å². The second-order valence-corrected chi connectivity index (χ2v) is 5.87. The van der Waals surface area contributed by atoms with Crippen molar-refractivity contribution < 1.29 is 4.39 Å². The van der Waals surface area contributed by atoms with E-state index in [-0.39, 0.29) is 12.1 Å². The molecule has 0 aliphatic rings. The quantitative estimate of drug-likeness (QED) is 0.685. The van der Waals surface area contributed by atoms with Gasteiger partial charge in [-0.15, -0.1) is 0 Å². The number of halogens is 2. The highest BCUT2D eigenvalue weighted by atomic mass is 35.5. The summed E-state index contributed by atoms with van der Waals surface area (Å²) in [6.07, 6.45) is 1.78. The van der Waals surface area contributed by atoms with Crippen LogP contribution in [0.25, 0.3) is 11.1 Å². The molecule has 4 heteroatoms. The smallest absolute Gasteiger partial charge is 0.251 e. The topological polar surface area (TPSA) is 22.0 Å². The molecule has 0 amide bonds. The molecule has 0 saturated carbocycles. The summed E-state index contributed by atoms with van der Waals surface area (Å²) in [5.74, 6) is -0.411. The van der Waals surface area contributed by atoms with E-state index < -0.39 is 5.82 Å². The Balaban J connectivity index is 2.04. The molecule has 1 heterocycles. The molecule has 2 nitrogen and oxygen atoms in total. The molecule has 0 aliphatic heterocycles. The Kier molecular flexibility index (Phi) is 4.30. The molecule has 2 aromatic carbocycles. The number of hydrogen-bond donors (Lipinski definition) is 0. The first-order chi connectivity index (χ1) is 11.0. The highest BCUT2D eigenvalue weighted by molar-refractivity contribution is 6.30. The lowest BCUT2D eigenvalue weighted by atomic mass is 10.0. The molecule has 0 bridgehead atoms. The highest BCUT2D eigenvalue weighted by Crippen LogP contribution is 2.22. The number of hydrogen-bond acceptors (Lipinski definition) is 1. The molecule has 3 aromatic rings. The van der Waals surface area contributed by atoms with Crippen molar-refractivity contribution in [2.24, 2.45) is 0 Å². The Morgan fingerprint density at radius 2 is 1.83 bits per heavy atom. The lowest BCUT2D eigenvalue weighted by Gasteiger charge is -2.12. The van der Waals surface area contributed by atoms with Crippen molar-refractivity contribution in [3.8, 4) is 11.1 Å². The molecule has 116 valence electrons. The molecule has 0 aliphatic carbocycles. The maximum atomic E-state index is 14.0. The normalized spacial score (nSPS) is 10.7. The van der Waals surface area contributed by atoms with Crippen molar-refractivity contribution in [1.82, 2.24) is 4.57 Å². The van der Waals surface area contributed by atoms with E-state index in [9.17, 15) is 9.18 Å². The van der Waals surface area contributed by atoms with Crippen molar-refractivity contribution in [2.75, 3.05) is 0 Å². The van der Waals surface area contributed by atoms with Gasteiger partial charge in [-0.1, -0.05) is 48.0 Å². The van der Waals surface area contributed by atoms with Gasteiger partial charge in [0.25, 0.3) is 5.56 Å². The molecule has 0 fully saturated rings. The van der Waals surface area contributed by atoms with Crippen molar-refractivity contribution in [3.05, 3.63) is 93.1 Å². The number of aryl methyl sites for hydroxylation is 1. The van der Waals surface area contributed by atoms with Gasteiger partial charge in [-0.25, -0.2) is 4.39 Å². The average Bonchev–Trinajstić information content (AvgIpc) is 2.53. The van der Waals surface area contributed by atoms with E-state index in [1.165, 1.54) is 10.6 Å². The molecule has 0 unspecified atom stereocenters. The van der Waals surface area contributed by atoms with Crippen LogP contribution in [0.15, 0.2) is 65.6 Å². The van der Waals surface area contributed by atoms with Crippen molar-refractivity contribution in [3.63, 3.8) is 0 Å². The minimum atomic E-state index is -0.411. The van der Waals surface area contributed by atoms with Gasteiger partial charge in [0.15, 0.2) is 0 Å². The summed E-state index contributed by atoms with van der Waals surface area (Å²) in [6, 6.07) is 15.9. The Hall–Kier alpha value is -2.39.